The molecule has 2 aliphatic rings. The van der Waals surface area contributed by atoms with Crippen LogP contribution >= 0.6 is 0 Å². The highest BCUT2D eigenvalue weighted by Crippen LogP contribution is 2.36. The van der Waals surface area contributed by atoms with Crippen LogP contribution in [0.4, 0.5) is 4.79 Å². The molecule has 5 rings (SSSR count). The first-order valence-electron chi connectivity index (χ1n) is 14.9. The Balaban J connectivity index is 1.25. The molecule has 1 saturated heterocycles. The van der Waals surface area contributed by atoms with Crippen LogP contribution in [0.25, 0.3) is 0 Å². The maximum Gasteiger partial charge on any atom is 0.498 e. The zero-order chi connectivity index (χ0) is 30.1. The van der Waals surface area contributed by atoms with Crippen molar-refractivity contribution in [2.24, 2.45) is 5.92 Å². The number of benzene rings is 2. The highest BCUT2D eigenvalue weighted by molar-refractivity contribution is 6.62. The predicted molar refractivity (Wildman–Crippen MR) is 164 cm³/mol. The monoisotopic (exact) mass is 573 g/mol. The minimum Gasteiger partial charge on any atom is -0.490 e. The normalized spacial score (nSPS) is 23.1. The molecule has 0 radical (unpaired) electrons. The summed E-state index contributed by atoms with van der Waals surface area (Å²) in [6, 6.07) is 18.6. The van der Waals surface area contributed by atoms with E-state index in [1.165, 1.54) is 5.56 Å². The van der Waals surface area contributed by atoms with Crippen LogP contribution in [0.1, 0.15) is 72.4 Å². The topological polar surface area (TPSA) is 83.8 Å². The molecular formula is C33H44BN3O5. The van der Waals surface area contributed by atoms with E-state index in [-0.39, 0.29) is 24.2 Å². The van der Waals surface area contributed by atoms with Crippen LogP contribution in [-0.2, 0) is 27.0 Å². The maximum absolute atomic E-state index is 12.5. The fourth-order valence-electron chi connectivity index (χ4n) is 5.60. The third-order valence-corrected chi connectivity index (χ3v) is 8.40. The Kier molecular flexibility index (Phi) is 8.45. The molecule has 1 aliphatic heterocycles. The molecule has 9 heteroatoms. The van der Waals surface area contributed by atoms with Crippen LogP contribution in [-0.4, -0.2) is 51.9 Å². The first-order valence-corrected chi connectivity index (χ1v) is 14.9. The van der Waals surface area contributed by atoms with Gasteiger partial charge in [-0.25, -0.2) is 4.79 Å². The zero-order valence-corrected chi connectivity index (χ0v) is 25.9. The Morgan fingerprint density at radius 3 is 2.40 bits per heavy atom. The molecule has 0 bridgehead atoms. The molecule has 224 valence electrons. The maximum atomic E-state index is 12.5. The highest BCUT2D eigenvalue weighted by Gasteiger charge is 2.52. The number of ether oxygens (including phenoxy) is 2. The molecule has 3 atom stereocenters. The number of carbonyl (C=O) groups excluding carboxylic acids is 1. The van der Waals surface area contributed by atoms with Gasteiger partial charge in [-0.3, -0.25) is 4.68 Å². The molecular weight excluding hydrogens is 529 g/mol. The minimum absolute atomic E-state index is 0.0146. The molecule has 2 fully saturated rings. The van der Waals surface area contributed by atoms with Gasteiger partial charge >= 0.3 is 13.2 Å². The minimum atomic E-state index is -0.540. The van der Waals surface area contributed by atoms with Crippen LogP contribution in [0.3, 0.4) is 0 Å². The third-order valence-electron chi connectivity index (χ3n) is 8.40. The Morgan fingerprint density at radius 1 is 1.02 bits per heavy atom. The molecule has 1 aliphatic carbocycles. The van der Waals surface area contributed by atoms with E-state index in [1.807, 2.05) is 83.7 Å². The molecule has 2 heterocycles. The molecule has 1 N–H and O–H groups in total. The van der Waals surface area contributed by atoms with Crippen molar-refractivity contribution in [2.75, 3.05) is 0 Å². The predicted octanol–water partition coefficient (Wildman–Crippen LogP) is 5.52. The van der Waals surface area contributed by atoms with Crippen LogP contribution in [0.5, 0.6) is 5.75 Å². The SMILES string of the molecule is CC(C)(C)OC(=O)N[C@H]1C[C@H](Cc2ccccc2)[C@H](Oc2cccc(Cn3cc(B4OC(C)(C)C(C)(C)O4)cn3)c2)C1. The standard InChI is InChI=1S/C33H44BN3O5/c1-31(2,3)40-30(38)36-27-18-25(16-23-12-9-8-10-13-23)29(19-27)39-28-15-11-14-24(17-28)21-37-22-26(20-35-37)34-41-32(4,5)33(6,7)42-34/h8-15,17,20,22,25,27,29H,16,18-19,21H2,1-7H3,(H,36,38)/t25-,27-,29+/m0/s1. The summed E-state index contributed by atoms with van der Waals surface area (Å²) in [4.78, 5) is 12.5. The number of aromatic nitrogens is 2. The first-order chi connectivity index (χ1) is 19.8. The van der Waals surface area contributed by atoms with E-state index in [9.17, 15) is 4.79 Å². The lowest BCUT2D eigenvalue weighted by atomic mass is 9.82. The second-order valence-electron chi connectivity index (χ2n) is 13.6. The number of hydrogen-bond acceptors (Lipinski definition) is 6. The van der Waals surface area contributed by atoms with Crippen molar-refractivity contribution in [3.05, 3.63) is 78.1 Å². The van der Waals surface area contributed by atoms with E-state index in [1.54, 1.807) is 0 Å². The first kappa shape index (κ1) is 30.2. The average molecular weight is 574 g/mol. The van der Waals surface area contributed by atoms with Crippen LogP contribution in [0, 0.1) is 5.92 Å². The Labute approximate surface area is 250 Å². The quantitative estimate of drug-likeness (QED) is 0.357. The molecule has 1 saturated carbocycles. The summed E-state index contributed by atoms with van der Waals surface area (Å²) in [6.45, 7) is 14.4. The van der Waals surface area contributed by atoms with Gasteiger partial charge in [0.25, 0.3) is 0 Å². The van der Waals surface area contributed by atoms with Crippen LogP contribution in [0.15, 0.2) is 67.0 Å². The molecule has 1 amide bonds. The van der Waals surface area contributed by atoms with Crippen molar-refractivity contribution in [1.29, 1.82) is 0 Å². The van der Waals surface area contributed by atoms with Crippen molar-refractivity contribution >= 4 is 18.7 Å². The van der Waals surface area contributed by atoms with Crippen molar-refractivity contribution in [3.8, 4) is 5.75 Å². The van der Waals surface area contributed by atoms with Gasteiger partial charge < -0.3 is 24.1 Å². The molecule has 0 unspecified atom stereocenters. The van der Waals surface area contributed by atoms with Gasteiger partial charge in [-0.05, 0) is 84.6 Å². The molecule has 1 aromatic heterocycles. The van der Waals surface area contributed by atoms with Crippen molar-refractivity contribution in [2.45, 2.75) is 103 Å². The lowest BCUT2D eigenvalue weighted by molar-refractivity contribution is 0.00578. The van der Waals surface area contributed by atoms with Crippen molar-refractivity contribution in [3.63, 3.8) is 0 Å². The number of alkyl carbamates (subject to hydrolysis) is 1. The van der Waals surface area contributed by atoms with Gasteiger partial charge in [-0.2, -0.15) is 5.10 Å². The van der Waals surface area contributed by atoms with Gasteiger partial charge in [0.05, 0.1) is 17.7 Å². The second-order valence-corrected chi connectivity index (χ2v) is 13.6. The Hall–Kier alpha value is -3.30. The number of nitrogens with zero attached hydrogens (tertiary/aromatic N) is 2. The lowest BCUT2D eigenvalue weighted by Gasteiger charge is -2.32. The molecule has 8 nitrogen and oxygen atoms in total. The average Bonchev–Trinajstić information content (AvgIpc) is 3.55. The molecule has 3 aromatic rings. The number of nitrogens with one attached hydrogen (secondary N) is 1. The molecule has 2 aromatic carbocycles. The third kappa shape index (κ3) is 7.37. The Bertz CT molecular complexity index is 1350. The summed E-state index contributed by atoms with van der Waals surface area (Å²) in [7, 11) is -0.440. The summed E-state index contributed by atoms with van der Waals surface area (Å²) in [5.74, 6) is 1.07. The van der Waals surface area contributed by atoms with E-state index in [0.717, 1.165) is 36.0 Å². The van der Waals surface area contributed by atoms with Gasteiger partial charge in [-0.15, -0.1) is 0 Å². The summed E-state index contributed by atoms with van der Waals surface area (Å²) in [5, 5.41) is 7.64. The summed E-state index contributed by atoms with van der Waals surface area (Å²) in [6.07, 6.45) is 5.80. The van der Waals surface area contributed by atoms with Gasteiger partial charge in [0.1, 0.15) is 17.5 Å². The fourth-order valence-corrected chi connectivity index (χ4v) is 5.60. The fraction of sp³-hybridized carbons (Fsp3) is 0.515. The highest BCUT2D eigenvalue weighted by atomic mass is 16.7. The van der Waals surface area contributed by atoms with Crippen LogP contribution < -0.4 is 15.5 Å². The number of amides is 1. The van der Waals surface area contributed by atoms with Gasteiger partial charge in [-0.1, -0.05) is 42.5 Å². The number of carbonyl (C=O) groups is 1. The summed E-state index contributed by atoms with van der Waals surface area (Å²) >= 11 is 0. The van der Waals surface area contributed by atoms with E-state index in [4.69, 9.17) is 18.8 Å². The van der Waals surface area contributed by atoms with E-state index in [0.29, 0.717) is 6.54 Å². The van der Waals surface area contributed by atoms with Crippen molar-refractivity contribution < 1.29 is 23.6 Å². The lowest BCUT2D eigenvalue weighted by Crippen LogP contribution is -2.41. The van der Waals surface area contributed by atoms with Crippen molar-refractivity contribution in [1.82, 2.24) is 15.1 Å². The second kappa shape index (κ2) is 11.8. The number of rotatable bonds is 8. The largest absolute Gasteiger partial charge is 0.498 e. The van der Waals surface area contributed by atoms with Gasteiger partial charge in [0, 0.05) is 36.2 Å². The summed E-state index contributed by atoms with van der Waals surface area (Å²) < 4.78 is 26.4. The van der Waals surface area contributed by atoms with E-state index >= 15 is 0 Å². The zero-order valence-electron chi connectivity index (χ0n) is 25.9. The van der Waals surface area contributed by atoms with Gasteiger partial charge in [0.15, 0.2) is 0 Å². The number of hydrogen-bond donors (Lipinski definition) is 1. The Morgan fingerprint density at radius 2 is 1.71 bits per heavy atom. The molecule has 42 heavy (non-hydrogen) atoms. The van der Waals surface area contributed by atoms with E-state index < -0.39 is 23.9 Å². The molecule has 0 spiro atoms. The van der Waals surface area contributed by atoms with E-state index in [2.05, 4.69) is 46.8 Å². The smallest absolute Gasteiger partial charge is 0.490 e. The van der Waals surface area contributed by atoms with Gasteiger partial charge in [0.2, 0.25) is 0 Å². The van der Waals surface area contributed by atoms with Crippen LogP contribution in [0.2, 0.25) is 0 Å². The summed E-state index contributed by atoms with van der Waals surface area (Å²) in [5.41, 5.74) is 1.91.